The third kappa shape index (κ3) is 4.99. The minimum Gasteiger partial charge on any atom is -0.474 e. The van der Waals surface area contributed by atoms with Gasteiger partial charge in [-0.05, 0) is 55.7 Å². The van der Waals surface area contributed by atoms with Gasteiger partial charge in [-0.3, -0.25) is 0 Å². The first-order chi connectivity index (χ1) is 10.0. The maximum atomic E-state index is 6.17. The summed E-state index contributed by atoms with van der Waals surface area (Å²) in [6, 6.07) is 4.28. The van der Waals surface area contributed by atoms with E-state index < -0.39 is 0 Å². The van der Waals surface area contributed by atoms with Crippen LogP contribution >= 0.6 is 0 Å². The largest absolute Gasteiger partial charge is 0.474 e. The van der Waals surface area contributed by atoms with Gasteiger partial charge in [-0.2, -0.15) is 0 Å². The smallest absolute Gasteiger partial charge is 0.214 e. The Labute approximate surface area is 129 Å². The Hall–Kier alpha value is -1.09. The Morgan fingerprint density at radius 3 is 2.57 bits per heavy atom. The molecule has 1 aromatic heterocycles. The van der Waals surface area contributed by atoms with Crippen LogP contribution < -0.4 is 10.1 Å². The van der Waals surface area contributed by atoms with Crippen molar-refractivity contribution in [2.24, 2.45) is 5.41 Å². The van der Waals surface area contributed by atoms with Gasteiger partial charge in [0.15, 0.2) is 0 Å². The van der Waals surface area contributed by atoms with Gasteiger partial charge < -0.3 is 10.1 Å². The second-order valence-electron chi connectivity index (χ2n) is 6.92. The van der Waals surface area contributed by atoms with Crippen LogP contribution in [0.25, 0.3) is 0 Å². The van der Waals surface area contributed by atoms with Crippen molar-refractivity contribution in [1.29, 1.82) is 0 Å². The highest BCUT2D eigenvalue weighted by Crippen LogP contribution is 2.36. The predicted octanol–water partition coefficient (Wildman–Crippen LogP) is 4.10. The summed E-state index contributed by atoms with van der Waals surface area (Å²) >= 11 is 0. The van der Waals surface area contributed by atoms with Gasteiger partial charge in [0.2, 0.25) is 5.88 Å². The molecule has 1 saturated carbocycles. The summed E-state index contributed by atoms with van der Waals surface area (Å²) in [4.78, 5) is 4.64. The van der Waals surface area contributed by atoms with E-state index in [-0.39, 0.29) is 0 Å². The number of aryl methyl sites for hydroxylation is 1. The normalized spacial score (nSPS) is 18.7. The van der Waals surface area contributed by atoms with Gasteiger partial charge in [-0.1, -0.05) is 27.7 Å². The van der Waals surface area contributed by atoms with E-state index in [0.29, 0.717) is 11.5 Å². The molecule has 1 heterocycles. The molecule has 0 unspecified atom stereocenters. The summed E-state index contributed by atoms with van der Waals surface area (Å²) in [6.07, 6.45) is 6.07. The second kappa shape index (κ2) is 7.26. The minimum atomic E-state index is 0.338. The summed E-state index contributed by atoms with van der Waals surface area (Å²) in [6.45, 7) is 10.9. The van der Waals surface area contributed by atoms with Crippen molar-refractivity contribution in [2.45, 2.75) is 72.4 Å². The first-order valence-corrected chi connectivity index (χ1v) is 8.39. The molecule has 1 aliphatic rings. The van der Waals surface area contributed by atoms with Crippen LogP contribution in [0.15, 0.2) is 12.1 Å². The maximum Gasteiger partial charge on any atom is 0.214 e. The van der Waals surface area contributed by atoms with Crippen molar-refractivity contribution >= 4 is 0 Å². The Balaban J connectivity index is 2.01. The van der Waals surface area contributed by atoms with E-state index in [9.17, 15) is 0 Å². The summed E-state index contributed by atoms with van der Waals surface area (Å²) < 4.78 is 6.17. The van der Waals surface area contributed by atoms with Gasteiger partial charge in [0, 0.05) is 18.3 Å². The van der Waals surface area contributed by atoms with Crippen LogP contribution in [0.1, 0.15) is 64.6 Å². The molecule has 1 aliphatic carbocycles. The van der Waals surface area contributed by atoms with Crippen molar-refractivity contribution in [1.82, 2.24) is 10.3 Å². The van der Waals surface area contributed by atoms with E-state index in [1.807, 2.05) is 0 Å². The topological polar surface area (TPSA) is 34.2 Å². The van der Waals surface area contributed by atoms with Crippen molar-refractivity contribution in [3.05, 3.63) is 23.4 Å². The molecule has 0 radical (unpaired) electrons. The molecule has 1 fully saturated rings. The standard InChI is InChI=1S/C18H30N2O/c1-5-15-11-14(13-19-6-2)12-17(20-15)21-16-7-9-18(3,4)10-8-16/h11-12,16,19H,5-10,13H2,1-4H3. The Morgan fingerprint density at radius 1 is 1.24 bits per heavy atom. The Kier molecular flexibility index (Phi) is 5.63. The lowest BCUT2D eigenvalue weighted by atomic mass is 9.76. The Morgan fingerprint density at radius 2 is 1.95 bits per heavy atom. The molecule has 0 aromatic carbocycles. The number of nitrogens with one attached hydrogen (secondary N) is 1. The van der Waals surface area contributed by atoms with Crippen molar-refractivity contribution in [2.75, 3.05) is 6.54 Å². The minimum absolute atomic E-state index is 0.338. The molecule has 0 amide bonds. The molecule has 3 heteroatoms. The molecule has 0 bridgehead atoms. The van der Waals surface area contributed by atoms with Gasteiger partial charge in [-0.25, -0.2) is 4.98 Å². The lowest BCUT2D eigenvalue weighted by Gasteiger charge is -2.34. The second-order valence-corrected chi connectivity index (χ2v) is 6.92. The number of rotatable bonds is 6. The molecule has 3 nitrogen and oxygen atoms in total. The van der Waals surface area contributed by atoms with E-state index in [0.717, 1.165) is 43.9 Å². The Bertz CT molecular complexity index is 447. The quantitative estimate of drug-likeness (QED) is 0.856. The van der Waals surface area contributed by atoms with Crippen LogP contribution in [0.5, 0.6) is 5.88 Å². The number of hydrogen-bond acceptors (Lipinski definition) is 3. The van der Waals surface area contributed by atoms with E-state index >= 15 is 0 Å². The summed E-state index contributed by atoms with van der Waals surface area (Å²) in [7, 11) is 0. The maximum absolute atomic E-state index is 6.17. The zero-order valence-corrected chi connectivity index (χ0v) is 14.0. The summed E-state index contributed by atoms with van der Waals surface area (Å²) in [5, 5.41) is 3.37. The predicted molar refractivity (Wildman–Crippen MR) is 87.7 cm³/mol. The SMILES string of the molecule is CCNCc1cc(CC)nc(OC2CCC(C)(C)CC2)c1. The van der Waals surface area contributed by atoms with Crippen molar-refractivity contribution in [3.63, 3.8) is 0 Å². The highest BCUT2D eigenvalue weighted by Gasteiger charge is 2.28. The van der Waals surface area contributed by atoms with Crippen LogP contribution in [0, 0.1) is 5.41 Å². The van der Waals surface area contributed by atoms with Gasteiger partial charge in [0.25, 0.3) is 0 Å². The molecule has 1 N–H and O–H groups in total. The van der Waals surface area contributed by atoms with Crippen LogP contribution in [0.4, 0.5) is 0 Å². The molecular formula is C18H30N2O. The van der Waals surface area contributed by atoms with E-state index in [1.54, 1.807) is 0 Å². The molecule has 1 aromatic rings. The van der Waals surface area contributed by atoms with Crippen molar-refractivity contribution in [3.8, 4) is 5.88 Å². The molecule has 0 saturated heterocycles. The van der Waals surface area contributed by atoms with Gasteiger partial charge in [0.05, 0.1) is 0 Å². The van der Waals surface area contributed by atoms with Crippen LogP contribution in [-0.2, 0) is 13.0 Å². The van der Waals surface area contributed by atoms with Gasteiger partial charge in [0.1, 0.15) is 6.10 Å². The number of aromatic nitrogens is 1. The third-order valence-electron chi connectivity index (χ3n) is 4.43. The van der Waals surface area contributed by atoms with E-state index in [1.165, 1.54) is 18.4 Å². The van der Waals surface area contributed by atoms with Crippen LogP contribution in [-0.4, -0.2) is 17.6 Å². The van der Waals surface area contributed by atoms with Crippen LogP contribution in [0.3, 0.4) is 0 Å². The molecule has 0 spiro atoms. The number of nitrogens with zero attached hydrogens (tertiary/aromatic N) is 1. The zero-order chi connectivity index (χ0) is 15.3. The third-order valence-corrected chi connectivity index (χ3v) is 4.43. The molecule has 0 aliphatic heterocycles. The fourth-order valence-electron chi connectivity index (χ4n) is 2.89. The lowest BCUT2D eigenvalue weighted by Crippen LogP contribution is -2.28. The van der Waals surface area contributed by atoms with Crippen molar-refractivity contribution < 1.29 is 4.74 Å². The van der Waals surface area contributed by atoms with Crippen LogP contribution in [0.2, 0.25) is 0 Å². The highest BCUT2D eigenvalue weighted by atomic mass is 16.5. The monoisotopic (exact) mass is 290 g/mol. The zero-order valence-electron chi connectivity index (χ0n) is 14.0. The first kappa shape index (κ1) is 16.3. The summed E-state index contributed by atoms with van der Waals surface area (Å²) in [5.41, 5.74) is 2.88. The average Bonchev–Trinajstić information content (AvgIpc) is 2.47. The fourth-order valence-corrected chi connectivity index (χ4v) is 2.89. The number of ether oxygens (including phenoxy) is 1. The van der Waals surface area contributed by atoms with Gasteiger partial charge >= 0.3 is 0 Å². The van der Waals surface area contributed by atoms with Gasteiger partial charge in [-0.15, -0.1) is 0 Å². The molecular weight excluding hydrogens is 260 g/mol. The fraction of sp³-hybridized carbons (Fsp3) is 0.722. The lowest BCUT2D eigenvalue weighted by molar-refractivity contribution is 0.0946. The van der Waals surface area contributed by atoms with E-state index in [2.05, 4.69) is 50.1 Å². The molecule has 2 rings (SSSR count). The molecule has 21 heavy (non-hydrogen) atoms. The average molecular weight is 290 g/mol. The molecule has 118 valence electrons. The molecule has 0 atom stereocenters. The summed E-state index contributed by atoms with van der Waals surface area (Å²) in [5.74, 6) is 0.812. The van der Waals surface area contributed by atoms with E-state index in [4.69, 9.17) is 4.74 Å². The first-order valence-electron chi connectivity index (χ1n) is 8.39. The number of hydrogen-bond donors (Lipinski definition) is 1. The highest BCUT2D eigenvalue weighted by molar-refractivity contribution is 5.25. The number of pyridine rings is 1.